The Morgan fingerprint density at radius 1 is 1.43 bits per heavy atom. The lowest BCUT2D eigenvalue weighted by atomic mass is 9.95. The highest BCUT2D eigenvalue weighted by atomic mass is 127. The quantitative estimate of drug-likeness (QED) is 0.677. The van der Waals surface area contributed by atoms with E-state index in [-0.39, 0.29) is 11.7 Å². The number of rotatable bonds is 0. The number of halogens is 1. The molecule has 0 spiro atoms. The van der Waals surface area contributed by atoms with E-state index in [0.29, 0.717) is 0 Å². The van der Waals surface area contributed by atoms with E-state index < -0.39 is 0 Å². The fourth-order valence-corrected chi connectivity index (χ4v) is 2.47. The molecule has 0 bridgehead atoms. The molecular weight excluding hydrogens is 289 g/mol. The van der Waals surface area contributed by atoms with Gasteiger partial charge in [-0.05, 0) is 47.2 Å². The molecule has 2 rings (SSSR count). The Kier molecular flexibility index (Phi) is 2.43. The highest BCUT2D eigenvalue weighted by Gasteiger charge is 2.22. The lowest BCUT2D eigenvalue weighted by Crippen LogP contribution is -2.16. The van der Waals surface area contributed by atoms with Gasteiger partial charge in [-0.15, -0.1) is 0 Å². The van der Waals surface area contributed by atoms with Crippen LogP contribution in [0.5, 0.6) is 0 Å². The fraction of sp³-hybridized carbons (Fsp3) is 0.273. The number of Topliss-reactive ketones (excluding diaryl/α,β-unsaturated/α-hetero) is 1. The average Bonchev–Trinajstić information content (AvgIpc) is 2.12. The lowest BCUT2D eigenvalue weighted by molar-refractivity contribution is 0.0962. The molecule has 0 radical (unpaired) electrons. The summed E-state index contributed by atoms with van der Waals surface area (Å²) in [6, 6.07) is 3.97. The summed E-state index contributed by atoms with van der Waals surface area (Å²) in [5, 5.41) is 0. The highest BCUT2D eigenvalue weighted by Crippen LogP contribution is 2.32. The van der Waals surface area contributed by atoms with Gasteiger partial charge in [-0.3, -0.25) is 9.79 Å². The van der Waals surface area contributed by atoms with Crippen molar-refractivity contribution in [2.24, 2.45) is 10.9 Å². The third kappa shape index (κ3) is 1.49. The van der Waals surface area contributed by atoms with Gasteiger partial charge in [0.2, 0.25) is 0 Å². The van der Waals surface area contributed by atoms with Crippen LogP contribution in [0.25, 0.3) is 0 Å². The van der Waals surface area contributed by atoms with Crippen LogP contribution in [0.1, 0.15) is 22.8 Å². The van der Waals surface area contributed by atoms with Gasteiger partial charge < -0.3 is 0 Å². The van der Waals surface area contributed by atoms with Crippen molar-refractivity contribution in [3.05, 3.63) is 26.8 Å². The second-order valence-electron chi connectivity index (χ2n) is 3.57. The molecule has 1 atom stereocenters. The van der Waals surface area contributed by atoms with Gasteiger partial charge in [-0.2, -0.15) is 0 Å². The first-order valence-electron chi connectivity index (χ1n) is 4.48. The molecule has 1 unspecified atom stereocenters. The lowest BCUT2D eigenvalue weighted by Gasteiger charge is -2.15. The van der Waals surface area contributed by atoms with Crippen LogP contribution in [0.3, 0.4) is 0 Å². The Labute approximate surface area is 96.6 Å². The molecule has 1 aliphatic heterocycles. The number of carbonyl (C=O) groups is 1. The second kappa shape index (κ2) is 3.46. The monoisotopic (exact) mass is 299 g/mol. The zero-order valence-corrected chi connectivity index (χ0v) is 10.2. The van der Waals surface area contributed by atoms with Crippen molar-refractivity contribution >= 4 is 40.3 Å². The van der Waals surface area contributed by atoms with Gasteiger partial charge in [0.05, 0.1) is 11.6 Å². The van der Waals surface area contributed by atoms with Crippen molar-refractivity contribution in [3.8, 4) is 0 Å². The summed E-state index contributed by atoms with van der Waals surface area (Å²) in [5.41, 5.74) is 2.72. The number of carbonyl (C=O) groups excluding carboxylic acids is 1. The summed E-state index contributed by atoms with van der Waals surface area (Å²) in [7, 11) is 0. The number of fused-ring (bicyclic) bond motifs is 1. The average molecular weight is 299 g/mol. The Balaban J connectivity index is 2.68. The van der Waals surface area contributed by atoms with E-state index in [9.17, 15) is 4.79 Å². The van der Waals surface area contributed by atoms with Gasteiger partial charge in [0.1, 0.15) is 0 Å². The Morgan fingerprint density at radius 3 is 2.86 bits per heavy atom. The molecule has 72 valence electrons. The smallest absolute Gasteiger partial charge is 0.173 e. The first-order valence-corrected chi connectivity index (χ1v) is 5.56. The van der Waals surface area contributed by atoms with Crippen LogP contribution in [-0.2, 0) is 0 Å². The first kappa shape index (κ1) is 9.83. The van der Waals surface area contributed by atoms with Gasteiger partial charge in [-0.25, -0.2) is 0 Å². The highest BCUT2D eigenvalue weighted by molar-refractivity contribution is 14.1. The van der Waals surface area contributed by atoms with Crippen LogP contribution in [0, 0.1) is 16.4 Å². The predicted molar refractivity (Wildman–Crippen MR) is 65.5 cm³/mol. The van der Waals surface area contributed by atoms with Crippen LogP contribution in [0.2, 0.25) is 0 Å². The zero-order chi connectivity index (χ0) is 10.3. The van der Waals surface area contributed by atoms with E-state index >= 15 is 0 Å². The second-order valence-corrected chi connectivity index (χ2v) is 4.74. The minimum atomic E-state index is -0.0832. The van der Waals surface area contributed by atoms with Crippen LogP contribution in [0.15, 0.2) is 17.1 Å². The van der Waals surface area contributed by atoms with Crippen molar-refractivity contribution in [3.63, 3.8) is 0 Å². The van der Waals surface area contributed by atoms with E-state index in [1.54, 1.807) is 6.21 Å². The summed E-state index contributed by atoms with van der Waals surface area (Å²) in [4.78, 5) is 16.1. The molecule has 0 fully saturated rings. The van der Waals surface area contributed by atoms with Crippen LogP contribution in [0.4, 0.5) is 5.69 Å². The zero-order valence-electron chi connectivity index (χ0n) is 8.04. The molecule has 1 aromatic rings. The number of aryl methyl sites for hydroxylation is 1. The molecule has 14 heavy (non-hydrogen) atoms. The number of nitrogens with zero attached hydrogens (tertiary/aromatic N) is 1. The standard InChI is InChI=1S/C11H10INO/c1-6-3-8-10(9(12)4-6)13-5-7(2)11(8)14/h3-5,7H,1-2H3. The summed E-state index contributed by atoms with van der Waals surface area (Å²) in [6.45, 7) is 3.88. The first-order chi connectivity index (χ1) is 6.59. The molecule has 0 amide bonds. The fourth-order valence-electron chi connectivity index (χ4n) is 1.55. The van der Waals surface area contributed by atoms with Gasteiger partial charge in [-0.1, -0.05) is 6.92 Å². The van der Waals surface area contributed by atoms with Crippen LogP contribution >= 0.6 is 22.6 Å². The van der Waals surface area contributed by atoms with Crippen molar-refractivity contribution in [1.82, 2.24) is 0 Å². The number of aliphatic imine (C=N–C) groups is 1. The van der Waals surface area contributed by atoms with E-state index in [2.05, 4.69) is 27.6 Å². The number of hydrogen-bond acceptors (Lipinski definition) is 2. The van der Waals surface area contributed by atoms with Gasteiger partial charge in [0.25, 0.3) is 0 Å². The number of hydrogen-bond donors (Lipinski definition) is 0. The maximum atomic E-state index is 11.8. The molecule has 1 aromatic carbocycles. The van der Waals surface area contributed by atoms with Crippen LogP contribution < -0.4 is 0 Å². The molecule has 0 aromatic heterocycles. The van der Waals surface area contributed by atoms with Crippen molar-refractivity contribution in [2.45, 2.75) is 13.8 Å². The third-order valence-corrected chi connectivity index (χ3v) is 3.14. The molecule has 3 heteroatoms. The SMILES string of the molecule is Cc1cc(I)c2c(c1)C(=O)C(C)C=N2. The summed E-state index contributed by atoms with van der Waals surface area (Å²) >= 11 is 2.22. The van der Waals surface area contributed by atoms with E-state index in [1.807, 2.05) is 26.0 Å². The minimum Gasteiger partial charge on any atom is -0.293 e. The van der Waals surface area contributed by atoms with Gasteiger partial charge >= 0.3 is 0 Å². The van der Waals surface area contributed by atoms with Crippen molar-refractivity contribution in [2.75, 3.05) is 0 Å². The predicted octanol–water partition coefficient (Wildman–Crippen LogP) is 3.13. The normalized spacial score (nSPS) is 19.6. The van der Waals surface area contributed by atoms with E-state index in [0.717, 1.165) is 20.4 Å². The topological polar surface area (TPSA) is 29.4 Å². The maximum absolute atomic E-state index is 11.8. The molecule has 0 saturated heterocycles. The summed E-state index contributed by atoms with van der Waals surface area (Å²) < 4.78 is 1.05. The Bertz CT molecular complexity index is 437. The van der Waals surface area contributed by atoms with Gasteiger partial charge in [0.15, 0.2) is 5.78 Å². The molecule has 2 nitrogen and oxygen atoms in total. The van der Waals surface area contributed by atoms with E-state index in [4.69, 9.17) is 0 Å². The number of benzene rings is 1. The maximum Gasteiger partial charge on any atom is 0.173 e. The molecule has 1 aliphatic rings. The summed E-state index contributed by atoms with van der Waals surface area (Å²) in [5.74, 6) is 0.0942. The molecular formula is C11H10INO. The molecule has 0 N–H and O–H groups in total. The molecule has 1 heterocycles. The Hall–Kier alpha value is -0.710. The third-order valence-electron chi connectivity index (χ3n) is 2.31. The van der Waals surface area contributed by atoms with Crippen molar-refractivity contribution in [1.29, 1.82) is 0 Å². The van der Waals surface area contributed by atoms with Gasteiger partial charge in [0, 0.05) is 15.3 Å². The van der Waals surface area contributed by atoms with E-state index in [1.165, 1.54) is 0 Å². The minimum absolute atomic E-state index is 0.0832. The Morgan fingerprint density at radius 2 is 2.14 bits per heavy atom. The largest absolute Gasteiger partial charge is 0.293 e. The van der Waals surface area contributed by atoms with Crippen molar-refractivity contribution < 1.29 is 4.79 Å². The molecule has 0 aliphatic carbocycles. The van der Waals surface area contributed by atoms with Crippen LogP contribution in [-0.4, -0.2) is 12.0 Å². The summed E-state index contributed by atoms with van der Waals surface area (Å²) in [6.07, 6.45) is 1.72. The number of ketones is 1. The molecule has 0 saturated carbocycles.